The van der Waals surface area contributed by atoms with Crippen molar-refractivity contribution in [2.24, 2.45) is 11.8 Å². The maximum absolute atomic E-state index is 12.3. The number of rotatable bonds is 3. The van der Waals surface area contributed by atoms with Crippen LogP contribution in [0.15, 0.2) is 6.07 Å². The topological polar surface area (TPSA) is 65.1 Å². The minimum atomic E-state index is -0.861. The number of carbonyl (C=O) groups is 2. The highest BCUT2D eigenvalue weighted by molar-refractivity contribution is 6.32. The first-order chi connectivity index (χ1) is 12.8. The second kappa shape index (κ2) is 6.59. The number of likely N-dealkylation sites (tertiary alicyclic amines) is 1. The number of ether oxygens (including phenoxy) is 3. The largest absolute Gasteiger partial charge is 0.465 e. The molecule has 2 heterocycles. The van der Waals surface area contributed by atoms with Gasteiger partial charge in [0.1, 0.15) is 0 Å². The van der Waals surface area contributed by atoms with Crippen LogP contribution >= 0.6 is 11.6 Å². The quantitative estimate of drug-likeness (QED) is 0.734. The third-order valence-corrected chi connectivity index (χ3v) is 6.21. The van der Waals surface area contributed by atoms with Gasteiger partial charge in [0, 0.05) is 37.4 Å². The van der Waals surface area contributed by atoms with E-state index in [0.29, 0.717) is 27.6 Å². The Kier molecular flexibility index (Phi) is 4.49. The molecule has 27 heavy (non-hydrogen) atoms. The van der Waals surface area contributed by atoms with Crippen molar-refractivity contribution in [2.75, 3.05) is 20.2 Å². The summed E-state index contributed by atoms with van der Waals surface area (Å²) in [5.74, 6) is 0.324. The van der Waals surface area contributed by atoms with Crippen molar-refractivity contribution in [1.82, 2.24) is 4.90 Å². The molecule has 1 amide bonds. The Balaban J connectivity index is 1.51. The van der Waals surface area contributed by atoms with E-state index in [1.807, 2.05) is 11.8 Å². The van der Waals surface area contributed by atoms with Gasteiger partial charge in [-0.25, -0.2) is 4.79 Å². The number of piperidine rings is 1. The minimum absolute atomic E-state index is 0.130. The van der Waals surface area contributed by atoms with Crippen molar-refractivity contribution < 1.29 is 23.8 Å². The molecule has 7 heteroatoms. The fourth-order valence-electron chi connectivity index (χ4n) is 4.05. The molecule has 1 atom stereocenters. The van der Waals surface area contributed by atoms with E-state index in [1.165, 1.54) is 7.11 Å². The van der Waals surface area contributed by atoms with Crippen LogP contribution in [0.4, 0.5) is 0 Å². The molecule has 3 aliphatic rings. The summed E-state index contributed by atoms with van der Waals surface area (Å²) in [4.78, 5) is 26.2. The summed E-state index contributed by atoms with van der Waals surface area (Å²) >= 11 is 6.35. The van der Waals surface area contributed by atoms with Crippen LogP contribution in [0.25, 0.3) is 0 Å². The molecule has 0 radical (unpaired) electrons. The molecule has 4 rings (SSSR count). The van der Waals surface area contributed by atoms with E-state index in [2.05, 4.69) is 0 Å². The smallest absolute Gasteiger partial charge is 0.338 e. The zero-order valence-corrected chi connectivity index (χ0v) is 16.6. The van der Waals surface area contributed by atoms with Gasteiger partial charge in [-0.05, 0) is 38.7 Å². The Labute approximate surface area is 163 Å². The normalized spacial score (nSPS) is 24.8. The Morgan fingerprint density at radius 1 is 1.19 bits per heavy atom. The van der Waals surface area contributed by atoms with Crippen molar-refractivity contribution in [1.29, 1.82) is 0 Å². The molecular weight excluding hydrogens is 370 g/mol. The molecular formula is C20H24ClNO5. The van der Waals surface area contributed by atoms with Crippen molar-refractivity contribution >= 4 is 23.5 Å². The van der Waals surface area contributed by atoms with Gasteiger partial charge in [0.2, 0.25) is 5.91 Å². The van der Waals surface area contributed by atoms with Crippen LogP contribution in [0.3, 0.4) is 0 Å². The third kappa shape index (κ3) is 3.14. The zero-order chi connectivity index (χ0) is 19.3. The van der Waals surface area contributed by atoms with Crippen LogP contribution in [0.1, 0.15) is 48.5 Å². The maximum Gasteiger partial charge on any atom is 0.338 e. The fraction of sp³-hybridized carbons (Fsp3) is 0.600. The first-order valence-electron chi connectivity index (χ1n) is 9.42. The number of esters is 1. The van der Waals surface area contributed by atoms with E-state index in [9.17, 15) is 9.59 Å². The van der Waals surface area contributed by atoms with Gasteiger partial charge in [-0.1, -0.05) is 11.6 Å². The summed E-state index contributed by atoms with van der Waals surface area (Å²) < 4.78 is 17.2. The number of hydrogen-bond donors (Lipinski definition) is 0. The zero-order valence-electron chi connectivity index (χ0n) is 15.8. The van der Waals surface area contributed by atoms with Gasteiger partial charge in [0.05, 0.1) is 17.7 Å². The number of carbonyl (C=O) groups excluding carboxylic acids is 2. The summed E-state index contributed by atoms with van der Waals surface area (Å²) in [5.41, 5.74) is 1.03. The molecule has 1 aliphatic carbocycles. The van der Waals surface area contributed by atoms with E-state index in [4.69, 9.17) is 25.8 Å². The molecule has 1 saturated carbocycles. The highest BCUT2D eigenvalue weighted by Gasteiger charge is 2.48. The Morgan fingerprint density at radius 3 is 2.41 bits per heavy atom. The third-order valence-electron chi connectivity index (χ3n) is 5.93. The SMILES string of the molecule is COC(=O)c1cc(Cl)c2c(c1C)O[C@@](C)(C1CCN(C(=O)C3CC3)CC1)O2. The van der Waals surface area contributed by atoms with Crippen LogP contribution in [-0.2, 0) is 9.53 Å². The van der Waals surface area contributed by atoms with Crippen molar-refractivity contribution in [3.63, 3.8) is 0 Å². The predicted molar refractivity (Wildman–Crippen MR) is 99.2 cm³/mol. The van der Waals surface area contributed by atoms with Crippen molar-refractivity contribution in [2.45, 2.75) is 45.3 Å². The lowest BCUT2D eigenvalue weighted by atomic mass is 9.89. The van der Waals surface area contributed by atoms with Crippen LogP contribution < -0.4 is 9.47 Å². The van der Waals surface area contributed by atoms with E-state index >= 15 is 0 Å². The fourth-order valence-corrected chi connectivity index (χ4v) is 4.28. The van der Waals surface area contributed by atoms with Gasteiger partial charge in [-0.15, -0.1) is 0 Å². The van der Waals surface area contributed by atoms with Gasteiger partial charge < -0.3 is 19.1 Å². The molecule has 0 bridgehead atoms. The van der Waals surface area contributed by atoms with Crippen LogP contribution in [0.2, 0.25) is 5.02 Å². The lowest BCUT2D eigenvalue weighted by molar-refractivity contribution is -0.143. The van der Waals surface area contributed by atoms with Gasteiger partial charge >= 0.3 is 5.97 Å². The number of benzene rings is 1. The molecule has 2 fully saturated rings. The van der Waals surface area contributed by atoms with E-state index in [1.54, 1.807) is 13.0 Å². The Hall–Kier alpha value is -1.95. The number of fused-ring (bicyclic) bond motifs is 1. The summed E-state index contributed by atoms with van der Waals surface area (Å²) in [7, 11) is 1.33. The minimum Gasteiger partial charge on any atom is -0.465 e. The lowest BCUT2D eigenvalue weighted by Gasteiger charge is -2.38. The van der Waals surface area contributed by atoms with Gasteiger partial charge in [-0.2, -0.15) is 0 Å². The van der Waals surface area contributed by atoms with Crippen LogP contribution in [-0.4, -0.2) is 42.8 Å². The number of amides is 1. The molecule has 6 nitrogen and oxygen atoms in total. The van der Waals surface area contributed by atoms with E-state index < -0.39 is 11.8 Å². The number of hydrogen-bond acceptors (Lipinski definition) is 5. The molecule has 0 spiro atoms. The molecule has 0 unspecified atom stereocenters. The maximum atomic E-state index is 12.3. The lowest BCUT2D eigenvalue weighted by Crippen LogP contribution is -2.50. The summed E-state index contributed by atoms with van der Waals surface area (Å²) in [6.07, 6.45) is 3.67. The van der Waals surface area contributed by atoms with Crippen LogP contribution in [0, 0.1) is 18.8 Å². The first-order valence-corrected chi connectivity index (χ1v) is 9.80. The summed E-state index contributed by atoms with van der Waals surface area (Å²) in [5, 5.41) is 0.334. The molecule has 146 valence electrons. The molecule has 1 aromatic carbocycles. The van der Waals surface area contributed by atoms with E-state index in [0.717, 1.165) is 38.8 Å². The van der Waals surface area contributed by atoms with Gasteiger partial charge in [0.15, 0.2) is 11.5 Å². The molecule has 2 aliphatic heterocycles. The highest BCUT2D eigenvalue weighted by atomic mass is 35.5. The highest BCUT2D eigenvalue weighted by Crippen LogP contribution is 2.51. The van der Waals surface area contributed by atoms with Crippen molar-refractivity contribution in [3.05, 3.63) is 22.2 Å². The number of nitrogens with zero attached hydrogens (tertiary/aromatic N) is 1. The number of halogens is 1. The van der Waals surface area contributed by atoms with Gasteiger partial charge in [0.25, 0.3) is 5.79 Å². The molecule has 0 aromatic heterocycles. The molecule has 0 N–H and O–H groups in total. The van der Waals surface area contributed by atoms with E-state index in [-0.39, 0.29) is 17.7 Å². The monoisotopic (exact) mass is 393 g/mol. The van der Waals surface area contributed by atoms with Crippen molar-refractivity contribution in [3.8, 4) is 11.5 Å². The second-order valence-electron chi connectivity index (χ2n) is 7.77. The molecule has 1 saturated heterocycles. The first kappa shape index (κ1) is 18.4. The standard InChI is InChI=1S/C20H24ClNO5/c1-11-14(19(24)25-3)10-15(21)17-16(11)26-20(2,27-17)13-6-8-22(9-7-13)18(23)12-4-5-12/h10,12-13H,4-9H2,1-3H3/t20-/m1/s1. The van der Waals surface area contributed by atoms with Gasteiger partial charge in [-0.3, -0.25) is 4.79 Å². The summed E-state index contributed by atoms with van der Waals surface area (Å²) in [6, 6.07) is 1.56. The van der Waals surface area contributed by atoms with Crippen LogP contribution in [0.5, 0.6) is 11.5 Å². The Morgan fingerprint density at radius 2 is 1.81 bits per heavy atom. The number of methoxy groups -OCH3 is 1. The average Bonchev–Trinajstić information content (AvgIpc) is 3.45. The second-order valence-corrected chi connectivity index (χ2v) is 8.18. The average molecular weight is 394 g/mol. The molecule has 1 aromatic rings. The Bertz CT molecular complexity index is 798. The predicted octanol–water partition coefficient (Wildman–Crippen LogP) is 3.57. The summed E-state index contributed by atoms with van der Waals surface area (Å²) in [6.45, 7) is 5.15.